The number of hydrogen-bond acceptors (Lipinski definition) is 5. The Hall–Kier alpha value is -3.35. The molecule has 3 rings (SSSR count). The summed E-state index contributed by atoms with van der Waals surface area (Å²) < 4.78 is 12.1. The average Bonchev–Trinajstić information content (AvgIpc) is 3.04. The number of nitrogens with zero attached hydrogens (tertiary/aromatic N) is 2. The summed E-state index contributed by atoms with van der Waals surface area (Å²) in [4.78, 5) is 24.7. The van der Waals surface area contributed by atoms with E-state index in [0.717, 1.165) is 11.3 Å². The Kier molecular flexibility index (Phi) is 5.40. The zero-order valence-electron chi connectivity index (χ0n) is 15.5. The second-order valence-electron chi connectivity index (χ2n) is 6.24. The lowest BCUT2D eigenvalue weighted by molar-refractivity contribution is 0.102. The Morgan fingerprint density at radius 2 is 1.96 bits per heavy atom. The first-order valence-corrected chi connectivity index (χ1v) is 8.54. The van der Waals surface area contributed by atoms with E-state index >= 15 is 0 Å². The zero-order valence-corrected chi connectivity index (χ0v) is 15.5. The maximum atomic E-state index is 12.4. The highest BCUT2D eigenvalue weighted by Crippen LogP contribution is 2.15. The molecule has 7 nitrogen and oxygen atoms in total. The largest absolute Gasteiger partial charge is 0.497 e. The summed E-state index contributed by atoms with van der Waals surface area (Å²) in [6, 6.07) is 11.1. The van der Waals surface area contributed by atoms with Gasteiger partial charge < -0.3 is 14.5 Å². The third-order valence-corrected chi connectivity index (χ3v) is 4.20. The number of benzene rings is 1. The SMILES string of the molecule is COc1ccc(CCc2cc(C)c(C(=O)Nc3ccn(C)n3)c(=O)o2)cc1. The van der Waals surface area contributed by atoms with Crippen LogP contribution in [0.4, 0.5) is 5.82 Å². The molecule has 0 unspecified atom stereocenters. The highest BCUT2D eigenvalue weighted by atomic mass is 16.5. The summed E-state index contributed by atoms with van der Waals surface area (Å²) in [5, 5.41) is 6.68. The number of aryl methyl sites for hydroxylation is 4. The van der Waals surface area contributed by atoms with Crippen LogP contribution in [0.25, 0.3) is 0 Å². The number of nitrogens with one attached hydrogen (secondary N) is 1. The predicted octanol–water partition coefficient (Wildman–Crippen LogP) is 2.73. The van der Waals surface area contributed by atoms with Crippen molar-refractivity contribution in [1.82, 2.24) is 9.78 Å². The fourth-order valence-corrected chi connectivity index (χ4v) is 2.79. The van der Waals surface area contributed by atoms with Crippen LogP contribution >= 0.6 is 0 Å². The number of amides is 1. The molecule has 0 saturated carbocycles. The van der Waals surface area contributed by atoms with E-state index in [4.69, 9.17) is 9.15 Å². The molecule has 3 aromatic rings. The molecule has 0 saturated heterocycles. The van der Waals surface area contributed by atoms with E-state index in [1.807, 2.05) is 24.3 Å². The summed E-state index contributed by atoms with van der Waals surface area (Å²) in [6.45, 7) is 1.72. The number of hydrogen-bond donors (Lipinski definition) is 1. The second-order valence-corrected chi connectivity index (χ2v) is 6.24. The van der Waals surface area contributed by atoms with Crippen LogP contribution in [0.15, 0.2) is 51.8 Å². The molecule has 0 fully saturated rings. The monoisotopic (exact) mass is 367 g/mol. The van der Waals surface area contributed by atoms with Gasteiger partial charge >= 0.3 is 5.63 Å². The molecular formula is C20H21N3O4. The van der Waals surface area contributed by atoms with Crippen molar-refractivity contribution in [2.75, 3.05) is 12.4 Å². The number of carbonyl (C=O) groups is 1. The quantitative estimate of drug-likeness (QED) is 0.724. The lowest BCUT2D eigenvalue weighted by Gasteiger charge is -2.07. The lowest BCUT2D eigenvalue weighted by atomic mass is 10.1. The Morgan fingerprint density at radius 3 is 2.56 bits per heavy atom. The molecular weight excluding hydrogens is 346 g/mol. The van der Waals surface area contributed by atoms with Crippen molar-refractivity contribution in [3.8, 4) is 5.75 Å². The van der Waals surface area contributed by atoms with Crippen LogP contribution in [-0.4, -0.2) is 22.8 Å². The summed E-state index contributed by atoms with van der Waals surface area (Å²) in [5.74, 6) is 1.19. The van der Waals surface area contributed by atoms with Crippen LogP contribution in [-0.2, 0) is 19.9 Å². The second kappa shape index (κ2) is 7.90. The summed E-state index contributed by atoms with van der Waals surface area (Å²) >= 11 is 0. The first-order valence-electron chi connectivity index (χ1n) is 8.54. The molecule has 0 aliphatic heterocycles. The van der Waals surface area contributed by atoms with Gasteiger partial charge in [-0.05, 0) is 42.7 Å². The van der Waals surface area contributed by atoms with Gasteiger partial charge in [0.2, 0.25) is 0 Å². The van der Waals surface area contributed by atoms with Gasteiger partial charge in [0.15, 0.2) is 5.82 Å². The van der Waals surface area contributed by atoms with Crippen molar-refractivity contribution >= 4 is 11.7 Å². The highest BCUT2D eigenvalue weighted by molar-refractivity contribution is 6.04. The van der Waals surface area contributed by atoms with Gasteiger partial charge in [0, 0.05) is 25.7 Å². The third kappa shape index (κ3) is 4.44. The number of carbonyl (C=O) groups excluding carboxylic acids is 1. The lowest BCUT2D eigenvalue weighted by Crippen LogP contribution is -2.23. The van der Waals surface area contributed by atoms with Crippen molar-refractivity contribution in [3.63, 3.8) is 0 Å². The maximum absolute atomic E-state index is 12.4. The molecule has 2 aromatic heterocycles. The zero-order chi connectivity index (χ0) is 19.4. The van der Waals surface area contributed by atoms with Crippen LogP contribution < -0.4 is 15.7 Å². The molecule has 1 N–H and O–H groups in total. The standard InChI is InChI=1S/C20H21N3O4/c1-13-12-16(9-6-14-4-7-15(26-3)8-5-14)27-20(25)18(13)19(24)21-17-10-11-23(2)22-17/h4-5,7-8,10-12H,6,9H2,1-3H3,(H,21,22,24). The first kappa shape index (κ1) is 18.4. The number of anilines is 1. The highest BCUT2D eigenvalue weighted by Gasteiger charge is 2.18. The Morgan fingerprint density at radius 1 is 1.22 bits per heavy atom. The van der Waals surface area contributed by atoms with Crippen molar-refractivity contribution < 1.29 is 13.9 Å². The number of aromatic nitrogens is 2. The number of ether oxygens (including phenoxy) is 1. The minimum absolute atomic E-state index is 0.00569. The van der Waals surface area contributed by atoms with E-state index in [0.29, 0.717) is 30.0 Å². The molecule has 0 aliphatic carbocycles. The molecule has 0 atom stereocenters. The number of methoxy groups -OCH3 is 1. The van der Waals surface area contributed by atoms with Gasteiger partial charge in [-0.15, -0.1) is 0 Å². The molecule has 0 bridgehead atoms. The van der Waals surface area contributed by atoms with E-state index in [2.05, 4.69) is 10.4 Å². The van der Waals surface area contributed by atoms with Gasteiger partial charge in [-0.25, -0.2) is 4.79 Å². The number of rotatable bonds is 6. The molecule has 27 heavy (non-hydrogen) atoms. The summed E-state index contributed by atoms with van der Waals surface area (Å²) in [6.07, 6.45) is 2.98. The average molecular weight is 367 g/mol. The minimum Gasteiger partial charge on any atom is -0.497 e. The van der Waals surface area contributed by atoms with Crippen molar-refractivity contribution in [2.45, 2.75) is 19.8 Å². The normalized spacial score (nSPS) is 10.6. The smallest absolute Gasteiger partial charge is 0.349 e. The fourth-order valence-electron chi connectivity index (χ4n) is 2.79. The fraction of sp³-hybridized carbons (Fsp3) is 0.250. The van der Waals surface area contributed by atoms with Crippen LogP contribution in [0, 0.1) is 6.92 Å². The summed E-state index contributed by atoms with van der Waals surface area (Å²) in [5.41, 5.74) is 1.03. The van der Waals surface area contributed by atoms with Gasteiger partial charge in [0.1, 0.15) is 17.1 Å². The van der Waals surface area contributed by atoms with Crippen LogP contribution in [0.3, 0.4) is 0 Å². The van der Waals surface area contributed by atoms with Gasteiger partial charge in [-0.2, -0.15) is 5.10 Å². The molecule has 0 aliphatic rings. The Bertz CT molecular complexity index is 1000. The van der Waals surface area contributed by atoms with Crippen molar-refractivity contribution in [2.24, 2.45) is 7.05 Å². The van der Waals surface area contributed by atoms with Crippen LogP contribution in [0.1, 0.15) is 27.2 Å². The molecule has 7 heteroatoms. The van der Waals surface area contributed by atoms with Crippen LogP contribution in [0.2, 0.25) is 0 Å². The van der Waals surface area contributed by atoms with Gasteiger partial charge in [0.05, 0.1) is 7.11 Å². The third-order valence-electron chi connectivity index (χ3n) is 4.20. The minimum atomic E-state index is -0.645. The van der Waals surface area contributed by atoms with Crippen molar-refractivity contribution in [1.29, 1.82) is 0 Å². The molecule has 1 amide bonds. The topological polar surface area (TPSA) is 86.4 Å². The van der Waals surface area contributed by atoms with Gasteiger partial charge in [0.25, 0.3) is 5.91 Å². The van der Waals surface area contributed by atoms with E-state index in [-0.39, 0.29) is 5.56 Å². The van der Waals surface area contributed by atoms with E-state index < -0.39 is 11.5 Å². The maximum Gasteiger partial charge on any atom is 0.349 e. The van der Waals surface area contributed by atoms with Crippen LogP contribution in [0.5, 0.6) is 5.75 Å². The van der Waals surface area contributed by atoms with Crippen molar-refractivity contribution in [3.05, 3.63) is 75.5 Å². The predicted molar refractivity (Wildman–Crippen MR) is 101 cm³/mol. The van der Waals surface area contributed by atoms with Gasteiger partial charge in [-0.3, -0.25) is 9.48 Å². The molecule has 1 aromatic carbocycles. The summed E-state index contributed by atoms with van der Waals surface area (Å²) in [7, 11) is 3.37. The first-order chi connectivity index (χ1) is 13.0. The van der Waals surface area contributed by atoms with E-state index in [9.17, 15) is 9.59 Å². The molecule has 140 valence electrons. The Labute approximate surface area is 156 Å². The molecule has 2 heterocycles. The van der Waals surface area contributed by atoms with E-state index in [1.165, 1.54) is 0 Å². The van der Waals surface area contributed by atoms with Gasteiger partial charge in [-0.1, -0.05) is 12.1 Å². The van der Waals surface area contributed by atoms with E-state index in [1.54, 1.807) is 44.1 Å². The Balaban J connectivity index is 1.71. The molecule has 0 spiro atoms. The molecule has 0 radical (unpaired) electrons.